The van der Waals surface area contributed by atoms with E-state index in [1.165, 1.54) is 12.1 Å². The fourth-order valence-corrected chi connectivity index (χ4v) is 4.89. The number of rotatable bonds is 4. The molecule has 0 radical (unpaired) electrons. The molecule has 2 fully saturated rings. The van der Waals surface area contributed by atoms with Crippen molar-refractivity contribution in [3.8, 4) is 0 Å². The molecule has 0 unspecified atom stereocenters. The molecule has 4 rings (SSSR count). The maximum absolute atomic E-state index is 13.1. The van der Waals surface area contributed by atoms with Gasteiger partial charge in [0.25, 0.3) is 5.56 Å². The quantitative estimate of drug-likeness (QED) is 0.807. The zero-order valence-electron chi connectivity index (χ0n) is 15.3. The van der Waals surface area contributed by atoms with Gasteiger partial charge in [0, 0.05) is 55.4 Å². The van der Waals surface area contributed by atoms with Crippen LogP contribution in [0.25, 0.3) is 0 Å². The van der Waals surface area contributed by atoms with Crippen molar-refractivity contribution in [3.63, 3.8) is 0 Å². The highest BCUT2D eigenvalue weighted by Crippen LogP contribution is 2.32. The van der Waals surface area contributed by atoms with Gasteiger partial charge in [0.2, 0.25) is 0 Å². The normalized spacial score (nSPS) is 32.2. The Kier molecular flexibility index (Phi) is 4.71. The van der Waals surface area contributed by atoms with Crippen LogP contribution in [0.15, 0.2) is 16.9 Å². The average molecular weight is 346 g/mol. The van der Waals surface area contributed by atoms with Crippen LogP contribution in [0.2, 0.25) is 0 Å². The van der Waals surface area contributed by atoms with Crippen molar-refractivity contribution in [2.75, 3.05) is 40.3 Å². The van der Waals surface area contributed by atoms with E-state index in [1.807, 2.05) is 10.6 Å². The van der Waals surface area contributed by atoms with Gasteiger partial charge in [0.15, 0.2) is 0 Å². The zero-order chi connectivity index (χ0) is 17.6. The van der Waals surface area contributed by atoms with E-state index in [0.717, 1.165) is 38.2 Å². The third kappa shape index (κ3) is 3.16. The molecule has 3 aliphatic rings. The summed E-state index contributed by atoms with van der Waals surface area (Å²) >= 11 is 0. The van der Waals surface area contributed by atoms with Gasteiger partial charge in [-0.05, 0) is 45.5 Å². The molecule has 6 heteroatoms. The Hall–Kier alpha value is -1.21. The Morgan fingerprint density at radius 2 is 2.08 bits per heavy atom. The number of nitrogens with one attached hydrogen (secondary N) is 1. The Balaban J connectivity index is 1.58. The van der Waals surface area contributed by atoms with Crippen molar-refractivity contribution in [1.82, 2.24) is 19.7 Å². The number of likely N-dealkylation sites (tertiary alicyclic amines) is 1. The first-order chi connectivity index (χ1) is 12.1. The second-order valence-electron chi connectivity index (χ2n) is 8.28. The molecular weight excluding hydrogens is 316 g/mol. The van der Waals surface area contributed by atoms with Crippen LogP contribution in [0.1, 0.15) is 30.0 Å². The Morgan fingerprint density at radius 3 is 2.84 bits per heavy atom. The van der Waals surface area contributed by atoms with Crippen LogP contribution < -0.4 is 10.9 Å². The van der Waals surface area contributed by atoms with E-state index in [-0.39, 0.29) is 18.2 Å². The first-order valence-corrected chi connectivity index (χ1v) is 9.51. The molecule has 1 aromatic rings. The number of hydrogen-bond donors (Lipinski definition) is 2. The second kappa shape index (κ2) is 6.83. The molecule has 4 atom stereocenters. The number of pyridine rings is 1. The average Bonchev–Trinajstić information content (AvgIpc) is 3.01. The SMILES string of the molecule is CN(C)[C@H]1C[C@@H](CO)N(Cc2ccc3n(c2=O)C[C@@H]2CNC[C@H]3C2)C1. The number of aliphatic hydroxyl groups is 1. The van der Waals surface area contributed by atoms with Crippen molar-refractivity contribution in [1.29, 1.82) is 0 Å². The van der Waals surface area contributed by atoms with E-state index < -0.39 is 0 Å². The molecule has 0 aromatic carbocycles. The summed E-state index contributed by atoms with van der Waals surface area (Å²) in [5, 5.41) is 13.2. The van der Waals surface area contributed by atoms with Gasteiger partial charge >= 0.3 is 0 Å². The standard InChI is InChI=1S/C19H30N4O2/c1-21(2)16-6-17(12-24)22(11-16)10-14-3-4-18-15-5-13(7-20-8-15)9-23(18)19(14)25/h3-4,13,15-17,20,24H,5-12H2,1-2H3/t13-,15+,16-,17-/m0/s1. The second-order valence-corrected chi connectivity index (χ2v) is 8.28. The number of fused-ring (bicyclic) bond motifs is 4. The minimum Gasteiger partial charge on any atom is -0.395 e. The van der Waals surface area contributed by atoms with Crippen LogP contribution in [-0.4, -0.2) is 71.9 Å². The van der Waals surface area contributed by atoms with Crippen LogP contribution in [0.5, 0.6) is 0 Å². The summed E-state index contributed by atoms with van der Waals surface area (Å²) in [5.41, 5.74) is 2.25. The molecule has 25 heavy (non-hydrogen) atoms. The molecule has 0 amide bonds. The summed E-state index contributed by atoms with van der Waals surface area (Å²) in [6.45, 7) is 4.56. The maximum atomic E-state index is 13.1. The zero-order valence-corrected chi connectivity index (χ0v) is 15.3. The number of likely N-dealkylation sites (N-methyl/N-ethyl adjacent to an activating group) is 1. The largest absolute Gasteiger partial charge is 0.395 e. The molecule has 3 aliphatic heterocycles. The van der Waals surface area contributed by atoms with Gasteiger partial charge in [-0.2, -0.15) is 0 Å². The van der Waals surface area contributed by atoms with Gasteiger partial charge in [-0.1, -0.05) is 6.07 Å². The van der Waals surface area contributed by atoms with Crippen LogP contribution in [0, 0.1) is 5.92 Å². The maximum Gasteiger partial charge on any atom is 0.255 e. The van der Waals surface area contributed by atoms with Crippen molar-refractivity contribution >= 4 is 0 Å². The lowest BCUT2D eigenvalue weighted by Gasteiger charge is -2.37. The highest BCUT2D eigenvalue weighted by Gasteiger charge is 2.34. The predicted octanol–water partition coefficient (Wildman–Crippen LogP) is 0.0518. The molecular formula is C19H30N4O2. The lowest BCUT2D eigenvalue weighted by atomic mass is 9.84. The number of aliphatic hydroxyl groups excluding tert-OH is 1. The summed E-state index contributed by atoms with van der Waals surface area (Å²) in [5.74, 6) is 1.05. The van der Waals surface area contributed by atoms with Gasteiger partial charge in [-0.15, -0.1) is 0 Å². The monoisotopic (exact) mass is 346 g/mol. The van der Waals surface area contributed by atoms with Gasteiger partial charge in [0.05, 0.1) is 6.61 Å². The molecule has 1 aromatic heterocycles. The fraction of sp³-hybridized carbons (Fsp3) is 0.737. The molecule has 2 saturated heterocycles. The van der Waals surface area contributed by atoms with Gasteiger partial charge in [-0.25, -0.2) is 0 Å². The van der Waals surface area contributed by atoms with E-state index in [0.29, 0.717) is 24.4 Å². The van der Waals surface area contributed by atoms with Crippen LogP contribution in [-0.2, 0) is 13.1 Å². The van der Waals surface area contributed by atoms with E-state index in [9.17, 15) is 9.90 Å². The van der Waals surface area contributed by atoms with Gasteiger partial charge in [-0.3, -0.25) is 9.69 Å². The smallest absolute Gasteiger partial charge is 0.255 e. The molecule has 4 heterocycles. The van der Waals surface area contributed by atoms with Crippen LogP contribution in [0.4, 0.5) is 0 Å². The third-order valence-electron chi connectivity index (χ3n) is 6.41. The summed E-state index contributed by atoms with van der Waals surface area (Å²) in [7, 11) is 4.17. The van der Waals surface area contributed by atoms with Crippen LogP contribution >= 0.6 is 0 Å². The number of nitrogens with zero attached hydrogens (tertiary/aromatic N) is 3. The molecule has 0 spiro atoms. The van der Waals surface area contributed by atoms with Crippen molar-refractivity contribution in [2.24, 2.45) is 5.92 Å². The summed E-state index contributed by atoms with van der Waals surface area (Å²) in [6, 6.07) is 4.79. The van der Waals surface area contributed by atoms with E-state index in [2.05, 4.69) is 35.3 Å². The first-order valence-electron chi connectivity index (χ1n) is 9.51. The summed E-state index contributed by atoms with van der Waals surface area (Å²) in [6.07, 6.45) is 2.17. The van der Waals surface area contributed by atoms with E-state index in [1.54, 1.807) is 0 Å². The highest BCUT2D eigenvalue weighted by molar-refractivity contribution is 5.22. The third-order valence-corrected chi connectivity index (χ3v) is 6.41. The molecule has 2 bridgehead atoms. The molecule has 6 nitrogen and oxygen atoms in total. The lowest BCUT2D eigenvalue weighted by molar-refractivity contribution is 0.152. The summed E-state index contributed by atoms with van der Waals surface area (Å²) in [4.78, 5) is 17.6. The number of hydrogen-bond acceptors (Lipinski definition) is 5. The molecule has 0 saturated carbocycles. The predicted molar refractivity (Wildman–Crippen MR) is 97.8 cm³/mol. The van der Waals surface area contributed by atoms with Crippen molar-refractivity contribution in [3.05, 3.63) is 33.7 Å². The van der Waals surface area contributed by atoms with Crippen molar-refractivity contribution < 1.29 is 5.11 Å². The highest BCUT2D eigenvalue weighted by atomic mass is 16.3. The molecule has 2 N–H and O–H groups in total. The van der Waals surface area contributed by atoms with E-state index >= 15 is 0 Å². The van der Waals surface area contributed by atoms with Gasteiger partial charge < -0.3 is 19.9 Å². The first kappa shape index (κ1) is 17.2. The van der Waals surface area contributed by atoms with Crippen molar-refractivity contribution in [2.45, 2.75) is 43.9 Å². The van der Waals surface area contributed by atoms with Gasteiger partial charge in [0.1, 0.15) is 0 Å². The number of aromatic nitrogens is 1. The Bertz CT molecular complexity index is 686. The minimum absolute atomic E-state index is 0.149. The summed E-state index contributed by atoms with van der Waals surface area (Å²) < 4.78 is 2.03. The minimum atomic E-state index is 0.149. The Labute approximate surface area is 149 Å². The fourth-order valence-electron chi connectivity index (χ4n) is 4.89. The topological polar surface area (TPSA) is 60.7 Å². The van der Waals surface area contributed by atoms with Crippen LogP contribution in [0.3, 0.4) is 0 Å². The number of piperidine rings is 1. The van der Waals surface area contributed by atoms with E-state index in [4.69, 9.17) is 0 Å². The Morgan fingerprint density at radius 1 is 1.24 bits per heavy atom. The molecule has 138 valence electrons. The molecule has 0 aliphatic carbocycles. The lowest BCUT2D eigenvalue weighted by Crippen LogP contribution is -2.46.